The maximum atomic E-state index is 4.86. The van der Waals surface area contributed by atoms with Gasteiger partial charge >= 0.3 is 51.4 Å². The van der Waals surface area contributed by atoms with E-state index in [1.165, 1.54) is 4.88 Å². The van der Waals surface area contributed by atoms with Crippen LogP contribution in [0.4, 0.5) is 0 Å². The normalized spacial score (nSPS) is 10.1. The molecule has 70 valence electrons. The van der Waals surface area contributed by atoms with Gasteiger partial charge in [0.15, 0.2) is 0 Å². The van der Waals surface area contributed by atoms with E-state index in [0.717, 1.165) is 5.69 Å². The third-order valence-electron chi connectivity index (χ3n) is 1.62. The fourth-order valence-corrected chi connectivity index (χ4v) is 1.78. The molecule has 0 saturated carbocycles. The van der Waals surface area contributed by atoms with E-state index in [1.54, 1.807) is 17.5 Å². The Labute approximate surface area is 141 Å². The molecule has 5 heteroatoms. The van der Waals surface area contributed by atoms with E-state index in [-0.39, 0.29) is 51.4 Å². The average Bonchev–Trinajstić information content (AvgIpc) is 2.67. The molecule has 0 aliphatic heterocycles. The molecular formula is C10H7KN2S2. The van der Waals surface area contributed by atoms with Crippen molar-refractivity contribution < 1.29 is 51.4 Å². The maximum absolute atomic E-state index is 4.86. The van der Waals surface area contributed by atoms with E-state index in [9.17, 15) is 0 Å². The third-order valence-corrected chi connectivity index (χ3v) is 2.65. The fraction of sp³-hybridized carbons (Fsp3) is 0. The Morgan fingerprint density at radius 1 is 1.27 bits per heavy atom. The first-order chi connectivity index (χ1) is 6.84. The number of hydrogen-bond donors (Lipinski definition) is 0. The summed E-state index contributed by atoms with van der Waals surface area (Å²) in [4.78, 5) is 9.15. The van der Waals surface area contributed by atoms with Gasteiger partial charge in [-0.2, -0.15) is 0 Å². The SMILES string of the molecule is [K+].[S-]c1nccc(C=Cc2cccs2)n1. The quantitative estimate of drug-likeness (QED) is 0.417. The van der Waals surface area contributed by atoms with Crippen LogP contribution in [0.2, 0.25) is 0 Å². The molecular weight excluding hydrogens is 251 g/mol. The van der Waals surface area contributed by atoms with Gasteiger partial charge in [-0.1, -0.05) is 6.07 Å². The van der Waals surface area contributed by atoms with Gasteiger partial charge in [-0.3, -0.25) is 9.97 Å². The van der Waals surface area contributed by atoms with E-state index in [1.807, 2.05) is 29.7 Å². The van der Waals surface area contributed by atoms with E-state index in [0.29, 0.717) is 5.16 Å². The Morgan fingerprint density at radius 2 is 2.13 bits per heavy atom. The molecule has 0 radical (unpaired) electrons. The van der Waals surface area contributed by atoms with Crippen molar-refractivity contribution in [2.45, 2.75) is 5.16 Å². The summed E-state index contributed by atoms with van der Waals surface area (Å²) in [5.74, 6) is 0. The predicted molar refractivity (Wildman–Crippen MR) is 60.9 cm³/mol. The number of aromatic nitrogens is 2. The molecule has 0 aromatic carbocycles. The van der Waals surface area contributed by atoms with Crippen molar-refractivity contribution in [2.75, 3.05) is 0 Å². The molecule has 0 fully saturated rings. The minimum atomic E-state index is 0. The van der Waals surface area contributed by atoms with Gasteiger partial charge in [-0.05, 0) is 29.7 Å². The van der Waals surface area contributed by atoms with Crippen LogP contribution >= 0.6 is 11.3 Å². The van der Waals surface area contributed by atoms with Crippen LogP contribution in [0.5, 0.6) is 0 Å². The standard InChI is InChI=1S/C10H8N2S2.K/c13-10-11-6-5-8(12-10)3-4-9-2-1-7-14-9;/h1-7H,(H,11,12,13);/q;+1/p-1. The van der Waals surface area contributed by atoms with Gasteiger partial charge in [0, 0.05) is 16.2 Å². The maximum Gasteiger partial charge on any atom is 1.00 e. The molecule has 0 amide bonds. The topological polar surface area (TPSA) is 25.8 Å². The number of thiophene rings is 1. The van der Waals surface area contributed by atoms with Crippen LogP contribution in [0.25, 0.3) is 12.2 Å². The van der Waals surface area contributed by atoms with Crippen molar-refractivity contribution in [3.05, 3.63) is 40.3 Å². The summed E-state index contributed by atoms with van der Waals surface area (Å²) in [6.07, 6.45) is 5.62. The van der Waals surface area contributed by atoms with Crippen LogP contribution in [0.1, 0.15) is 10.6 Å². The molecule has 0 saturated heterocycles. The van der Waals surface area contributed by atoms with Crippen LogP contribution in [-0.4, -0.2) is 9.97 Å². The summed E-state index contributed by atoms with van der Waals surface area (Å²) in [5, 5.41) is 2.43. The number of hydrogen-bond acceptors (Lipinski definition) is 4. The van der Waals surface area contributed by atoms with Gasteiger partial charge in [0.2, 0.25) is 0 Å². The van der Waals surface area contributed by atoms with E-state index >= 15 is 0 Å². The molecule has 0 spiro atoms. The summed E-state index contributed by atoms with van der Waals surface area (Å²) >= 11 is 6.55. The largest absolute Gasteiger partial charge is 1.00 e. The molecule has 2 heterocycles. The second-order valence-corrected chi connectivity index (χ2v) is 3.96. The van der Waals surface area contributed by atoms with Gasteiger partial charge in [-0.15, -0.1) is 11.3 Å². The van der Waals surface area contributed by atoms with Crippen molar-refractivity contribution in [2.24, 2.45) is 0 Å². The Hall–Kier alpha value is 0.376. The molecule has 2 aromatic heterocycles. The van der Waals surface area contributed by atoms with E-state index in [4.69, 9.17) is 12.6 Å². The molecule has 2 aromatic rings. The first-order valence-electron chi connectivity index (χ1n) is 4.06. The second kappa shape index (κ2) is 6.85. The zero-order valence-electron chi connectivity index (χ0n) is 8.25. The van der Waals surface area contributed by atoms with E-state index < -0.39 is 0 Å². The van der Waals surface area contributed by atoms with Crippen LogP contribution < -0.4 is 51.4 Å². The van der Waals surface area contributed by atoms with Gasteiger partial charge in [0.05, 0.1) is 5.69 Å². The zero-order chi connectivity index (χ0) is 9.80. The second-order valence-electron chi connectivity index (χ2n) is 2.61. The Balaban J connectivity index is 0.00000112. The predicted octanol–water partition coefficient (Wildman–Crippen LogP) is -0.382. The molecule has 0 aliphatic rings. The van der Waals surface area contributed by atoms with Crippen LogP contribution in [0, 0.1) is 0 Å². The fourth-order valence-electron chi connectivity index (χ4n) is 1.00. The number of rotatable bonds is 2. The monoisotopic (exact) mass is 258 g/mol. The molecule has 2 rings (SSSR count). The van der Waals surface area contributed by atoms with Crippen molar-refractivity contribution in [3.8, 4) is 0 Å². The van der Waals surface area contributed by atoms with Gasteiger partial charge in [0.25, 0.3) is 0 Å². The van der Waals surface area contributed by atoms with Crippen LogP contribution in [0.15, 0.2) is 34.9 Å². The van der Waals surface area contributed by atoms with Crippen molar-refractivity contribution >= 4 is 36.1 Å². The molecule has 15 heavy (non-hydrogen) atoms. The summed E-state index contributed by atoms with van der Waals surface area (Å²) in [6, 6.07) is 5.90. The minimum absolute atomic E-state index is 0. The van der Waals surface area contributed by atoms with Crippen LogP contribution in [0.3, 0.4) is 0 Å². The molecule has 0 atom stereocenters. The summed E-state index contributed by atoms with van der Waals surface area (Å²) in [6.45, 7) is 0. The van der Waals surface area contributed by atoms with Gasteiger partial charge in [0.1, 0.15) is 0 Å². The summed E-state index contributed by atoms with van der Waals surface area (Å²) < 4.78 is 0. The zero-order valence-corrected chi connectivity index (χ0v) is 13.0. The Kier molecular flexibility index (Phi) is 6.14. The first kappa shape index (κ1) is 13.4. The van der Waals surface area contributed by atoms with Crippen molar-refractivity contribution in [1.29, 1.82) is 0 Å². The first-order valence-corrected chi connectivity index (χ1v) is 5.35. The Bertz CT molecular complexity index is 440. The van der Waals surface area contributed by atoms with Crippen molar-refractivity contribution in [3.63, 3.8) is 0 Å². The molecule has 0 N–H and O–H groups in total. The smallest absolute Gasteiger partial charge is 0.740 e. The summed E-state index contributed by atoms with van der Waals surface area (Å²) in [5.41, 5.74) is 0.846. The number of nitrogens with zero attached hydrogens (tertiary/aromatic N) is 2. The van der Waals surface area contributed by atoms with Gasteiger partial charge < -0.3 is 12.6 Å². The van der Waals surface area contributed by atoms with Gasteiger partial charge in [-0.25, -0.2) is 0 Å². The molecule has 0 unspecified atom stereocenters. The molecule has 0 aliphatic carbocycles. The van der Waals surface area contributed by atoms with E-state index in [2.05, 4.69) is 16.0 Å². The third kappa shape index (κ3) is 4.40. The van der Waals surface area contributed by atoms with Crippen molar-refractivity contribution in [1.82, 2.24) is 9.97 Å². The molecule has 2 nitrogen and oxygen atoms in total. The molecule has 0 bridgehead atoms. The Morgan fingerprint density at radius 3 is 2.80 bits per heavy atom. The average molecular weight is 258 g/mol. The van der Waals surface area contributed by atoms with Crippen LogP contribution in [-0.2, 0) is 12.6 Å². The summed E-state index contributed by atoms with van der Waals surface area (Å²) in [7, 11) is 0. The minimum Gasteiger partial charge on any atom is -0.740 e.